The van der Waals surface area contributed by atoms with Crippen LogP contribution in [0.15, 0.2) is 132 Å². The van der Waals surface area contributed by atoms with Crippen molar-refractivity contribution in [2.75, 3.05) is 11.1 Å². The largest absolute Gasteiger partial charge is 0.399 e. The molecule has 4 N–H and O–H groups in total. The average molecular weight is 585 g/mol. The number of nitrogen functional groups attached to an aromatic ring is 1. The van der Waals surface area contributed by atoms with E-state index in [-0.39, 0.29) is 5.54 Å². The summed E-state index contributed by atoms with van der Waals surface area (Å²) in [5, 5.41) is 12.9. The Balaban J connectivity index is 1.15. The molecule has 2 atom stereocenters. The van der Waals surface area contributed by atoms with Gasteiger partial charge in [0.1, 0.15) is 0 Å². The van der Waals surface area contributed by atoms with E-state index in [1.165, 1.54) is 49.4 Å². The standard InChI is InChI=1S/C41H36N4/c42-30-18-20-32(21-19-30)45-39-25-31(43-38-17-6-12-28-10-3-4-14-33(28)38)13-7-15-34(39)35-22-23-41(26-36(41)40(35)45)44-37-16-5-9-27-8-1-2-11-29(37)24-27/h1-4,6,8,10-23,25,36,43-44H,5,7,9,24,26,42H2. The third-order valence-corrected chi connectivity index (χ3v) is 10.1. The first-order valence-corrected chi connectivity index (χ1v) is 16.2. The smallest absolute Gasteiger partial charge is 0.0650 e. The summed E-state index contributed by atoms with van der Waals surface area (Å²) < 4.78 is 2.50. The van der Waals surface area contributed by atoms with Crippen molar-refractivity contribution >= 4 is 40.4 Å². The van der Waals surface area contributed by atoms with Gasteiger partial charge in [-0.1, -0.05) is 96.7 Å². The number of benzene rings is 3. The van der Waals surface area contributed by atoms with Gasteiger partial charge >= 0.3 is 0 Å². The molecule has 9 rings (SSSR count). The highest BCUT2D eigenvalue weighted by molar-refractivity contribution is 5.95. The van der Waals surface area contributed by atoms with Crippen LogP contribution in [-0.2, 0) is 0 Å². The Bertz CT molecular complexity index is 2190. The first kappa shape index (κ1) is 26.2. The molecule has 1 saturated carbocycles. The van der Waals surface area contributed by atoms with Gasteiger partial charge in [0.25, 0.3) is 0 Å². The summed E-state index contributed by atoms with van der Waals surface area (Å²) in [7, 11) is 0. The third kappa shape index (κ3) is 4.43. The van der Waals surface area contributed by atoms with Crippen LogP contribution in [0, 0.1) is 0 Å². The summed E-state index contributed by atoms with van der Waals surface area (Å²) in [5.74, 6) is 0.378. The number of aromatic nitrogens is 1. The second kappa shape index (κ2) is 10.2. The van der Waals surface area contributed by atoms with Gasteiger partial charge in [-0.15, -0.1) is 0 Å². The Morgan fingerprint density at radius 3 is 2.69 bits per heavy atom. The molecule has 4 heteroatoms. The quantitative estimate of drug-likeness (QED) is 0.213. The fraction of sp³-hybridized carbons (Fsp3) is 0.171. The first-order valence-electron chi connectivity index (χ1n) is 16.2. The molecule has 2 unspecified atom stereocenters. The van der Waals surface area contributed by atoms with E-state index in [2.05, 4.69) is 131 Å². The van der Waals surface area contributed by atoms with E-state index in [1.807, 2.05) is 12.1 Å². The predicted octanol–water partition coefficient (Wildman–Crippen LogP) is 7.51. The molecular formula is C41H36N4. The van der Waals surface area contributed by atoms with E-state index in [1.54, 1.807) is 0 Å². The molecule has 0 amide bonds. The molecule has 1 fully saturated rings. The molecule has 220 valence electrons. The number of anilines is 2. The van der Waals surface area contributed by atoms with E-state index in [4.69, 9.17) is 5.73 Å². The highest BCUT2D eigenvalue weighted by Gasteiger charge is 2.57. The number of nitrogens with one attached hydrogen (secondary N) is 2. The van der Waals surface area contributed by atoms with Gasteiger partial charge in [-0.2, -0.15) is 0 Å². The van der Waals surface area contributed by atoms with Crippen LogP contribution in [0.2, 0.25) is 0 Å². The molecule has 4 aromatic rings. The number of nitrogens with zero attached hydrogens (tertiary/aromatic N) is 1. The lowest BCUT2D eigenvalue weighted by atomic mass is 9.97. The van der Waals surface area contributed by atoms with Gasteiger partial charge < -0.3 is 20.9 Å². The van der Waals surface area contributed by atoms with Crippen molar-refractivity contribution < 1.29 is 0 Å². The Hall–Kier alpha value is -5.22. The van der Waals surface area contributed by atoms with Crippen LogP contribution >= 0.6 is 0 Å². The van der Waals surface area contributed by atoms with Crippen molar-refractivity contribution in [3.05, 3.63) is 154 Å². The zero-order valence-corrected chi connectivity index (χ0v) is 25.3. The second-order valence-corrected chi connectivity index (χ2v) is 12.9. The second-order valence-electron chi connectivity index (χ2n) is 12.9. The fourth-order valence-corrected chi connectivity index (χ4v) is 7.72. The summed E-state index contributed by atoms with van der Waals surface area (Å²) in [6.45, 7) is 0. The number of hydrogen-bond acceptors (Lipinski definition) is 3. The van der Waals surface area contributed by atoms with Crippen LogP contribution in [0.1, 0.15) is 49.3 Å². The Kier molecular flexibility index (Phi) is 5.92. The molecule has 0 saturated heterocycles. The third-order valence-electron chi connectivity index (χ3n) is 10.1. The van der Waals surface area contributed by atoms with Crippen molar-refractivity contribution in [1.82, 2.24) is 9.88 Å². The molecule has 2 bridgehead atoms. The van der Waals surface area contributed by atoms with Crippen LogP contribution in [0.3, 0.4) is 0 Å². The van der Waals surface area contributed by atoms with Gasteiger partial charge in [0.2, 0.25) is 0 Å². The molecule has 0 radical (unpaired) electrons. The van der Waals surface area contributed by atoms with E-state index >= 15 is 0 Å². The fourth-order valence-electron chi connectivity index (χ4n) is 7.72. The maximum atomic E-state index is 6.18. The minimum absolute atomic E-state index is 0.0770. The molecule has 0 aliphatic heterocycles. The average Bonchev–Trinajstić information content (AvgIpc) is 3.83. The van der Waals surface area contributed by atoms with Gasteiger partial charge in [0.15, 0.2) is 0 Å². The molecule has 45 heavy (non-hydrogen) atoms. The maximum Gasteiger partial charge on any atom is 0.0650 e. The van der Waals surface area contributed by atoms with Crippen LogP contribution < -0.4 is 26.9 Å². The van der Waals surface area contributed by atoms with E-state index in [0.717, 1.165) is 54.9 Å². The lowest BCUT2D eigenvalue weighted by molar-refractivity contribution is 0.639. The van der Waals surface area contributed by atoms with E-state index in [9.17, 15) is 0 Å². The van der Waals surface area contributed by atoms with Crippen molar-refractivity contribution in [3.8, 4) is 5.69 Å². The molecule has 0 spiro atoms. The first-order chi connectivity index (χ1) is 22.1. The number of nitrogens with two attached hydrogens (primary N) is 1. The van der Waals surface area contributed by atoms with Gasteiger partial charge in [-0.05, 0) is 79.5 Å². The van der Waals surface area contributed by atoms with Crippen molar-refractivity contribution in [3.63, 3.8) is 0 Å². The number of allylic oxidation sites excluding steroid dienone is 9. The van der Waals surface area contributed by atoms with Crippen molar-refractivity contribution in [1.29, 1.82) is 0 Å². The summed E-state index contributed by atoms with van der Waals surface area (Å²) in [5.41, 5.74) is 17.2. The molecule has 5 aliphatic carbocycles. The molecule has 5 aliphatic rings. The highest BCUT2D eigenvalue weighted by Crippen LogP contribution is 2.57. The molecular weight excluding hydrogens is 548 g/mol. The lowest BCUT2D eigenvalue weighted by Crippen LogP contribution is -2.33. The van der Waals surface area contributed by atoms with Crippen molar-refractivity contribution in [2.45, 2.75) is 43.6 Å². The molecule has 3 aromatic carbocycles. The summed E-state index contributed by atoms with van der Waals surface area (Å²) >= 11 is 0. The summed E-state index contributed by atoms with van der Waals surface area (Å²) in [6, 6.07) is 23.4. The molecule has 4 nitrogen and oxygen atoms in total. The summed E-state index contributed by atoms with van der Waals surface area (Å²) in [4.78, 5) is 0. The maximum absolute atomic E-state index is 6.18. The Morgan fingerprint density at radius 1 is 0.889 bits per heavy atom. The minimum atomic E-state index is -0.0770. The predicted molar refractivity (Wildman–Crippen MR) is 188 cm³/mol. The molecule has 1 aromatic heterocycles. The summed E-state index contributed by atoms with van der Waals surface area (Å²) in [6.07, 6.45) is 28.4. The topological polar surface area (TPSA) is 55.0 Å². The number of hydrogen-bond donors (Lipinski definition) is 3. The normalized spacial score (nSPS) is 22.4. The minimum Gasteiger partial charge on any atom is -0.399 e. The number of fused-ring (bicyclic) bond motifs is 8. The van der Waals surface area contributed by atoms with Gasteiger partial charge in [-0.3, -0.25) is 0 Å². The van der Waals surface area contributed by atoms with Crippen molar-refractivity contribution in [2.24, 2.45) is 0 Å². The zero-order chi connectivity index (χ0) is 30.0. The molecule has 1 heterocycles. The van der Waals surface area contributed by atoms with Crippen LogP contribution in [-0.4, -0.2) is 10.1 Å². The van der Waals surface area contributed by atoms with E-state index in [0.29, 0.717) is 5.92 Å². The van der Waals surface area contributed by atoms with Gasteiger partial charge in [0.05, 0.1) is 10.9 Å². The highest BCUT2D eigenvalue weighted by atomic mass is 15.1. The van der Waals surface area contributed by atoms with Gasteiger partial charge in [-0.25, -0.2) is 0 Å². The lowest BCUT2D eigenvalue weighted by Gasteiger charge is -2.25. The zero-order valence-electron chi connectivity index (χ0n) is 25.3. The van der Waals surface area contributed by atoms with Gasteiger partial charge in [0, 0.05) is 56.2 Å². The SMILES string of the molecule is Nc1ccc(-n2c3c(c4c2=CC(Nc2cccc5ccccc25)=CCC=4)C=CC2(NC4=CCCC5=CC=CC=C4C5)CC32)cc1. The van der Waals surface area contributed by atoms with Crippen LogP contribution in [0.5, 0.6) is 0 Å². The monoisotopic (exact) mass is 584 g/mol. The Morgan fingerprint density at radius 2 is 1.76 bits per heavy atom. The Labute approximate surface area is 263 Å². The van der Waals surface area contributed by atoms with E-state index < -0.39 is 0 Å². The van der Waals surface area contributed by atoms with Crippen LogP contribution in [0.4, 0.5) is 11.4 Å². The van der Waals surface area contributed by atoms with Crippen LogP contribution in [0.25, 0.3) is 34.7 Å². The number of rotatable bonds is 5.